The Hall–Kier alpha value is -1.30. The summed E-state index contributed by atoms with van der Waals surface area (Å²) in [6, 6.07) is -0.155. The SMILES string of the molecule is CC1CC(NC(=O)NCC2(C(=O)O)CCC2)CCO1. The molecule has 0 bridgehead atoms. The summed E-state index contributed by atoms with van der Waals surface area (Å²) in [6.45, 7) is 2.86. The van der Waals surface area contributed by atoms with Crippen LogP contribution in [0.3, 0.4) is 0 Å². The van der Waals surface area contributed by atoms with E-state index in [9.17, 15) is 9.59 Å². The summed E-state index contributed by atoms with van der Waals surface area (Å²) in [5, 5.41) is 14.7. The minimum Gasteiger partial charge on any atom is -0.481 e. The molecular formula is C13H22N2O4. The minimum absolute atomic E-state index is 0.117. The molecule has 0 radical (unpaired) electrons. The van der Waals surface area contributed by atoms with Crippen molar-refractivity contribution in [2.75, 3.05) is 13.2 Å². The zero-order valence-electron chi connectivity index (χ0n) is 11.3. The number of aliphatic carboxylic acids is 1. The van der Waals surface area contributed by atoms with E-state index in [1.54, 1.807) is 0 Å². The molecule has 2 aliphatic rings. The van der Waals surface area contributed by atoms with Crippen LogP contribution in [0.2, 0.25) is 0 Å². The van der Waals surface area contributed by atoms with Gasteiger partial charge in [-0.15, -0.1) is 0 Å². The largest absolute Gasteiger partial charge is 0.481 e. The van der Waals surface area contributed by atoms with Crippen molar-refractivity contribution in [3.8, 4) is 0 Å². The normalized spacial score (nSPS) is 29.1. The Morgan fingerprint density at radius 2 is 2.16 bits per heavy atom. The molecule has 0 aromatic heterocycles. The molecule has 1 saturated heterocycles. The number of carbonyl (C=O) groups is 2. The molecule has 1 saturated carbocycles. The first-order valence-corrected chi connectivity index (χ1v) is 6.91. The summed E-state index contributed by atoms with van der Waals surface area (Å²) in [5.41, 5.74) is -0.736. The second-order valence-corrected chi connectivity index (χ2v) is 5.67. The lowest BCUT2D eigenvalue weighted by Gasteiger charge is -2.37. The summed E-state index contributed by atoms with van der Waals surface area (Å²) in [6.07, 6.45) is 4.00. The predicted octanol–water partition coefficient (Wildman–Crippen LogP) is 1.11. The lowest BCUT2D eigenvalue weighted by Crippen LogP contribution is -2.52. The van der Waals surface area contributed by atoms with E-state index >= 15 is 0 Å². The fraction of sp³-hybridized carbons (Fsp3) is 0.846. The molecule has 1 aliphatic carbocycles. The molecule has 3 N–H and O–H groups in total. The lowest BCUT2D eigenvalue weighted by molar-refractivity contribution is -0.153. The number of carboxylic acids is 1. The van der Waals surface area contributed by atoms with Crippen molar-refractivity contribution in [2.24, 2.45) is 5.41 Å². The number of hydrogen-bond acceptors (Lipinski definition) is 3. The quantitative estimate of drug-likeness (QED) is 0.714. The monoisotopic (exact) mass is 270 g/mol. The van der Waals surface area contributed by atoms with E-state index in [4.69, 9.17) is 9.84 Å². The van der Waals surface area contributed by atoms with Gasteiger partial charge >= 0.3 is 12.0 Å². The Morgan fingerprint density at radius 1 is 1.42 bits per heavy atom. The molecule has 0 spiro atoms. The van der Waals surface area contributed by atoms with Gasteiger partial charge in [-0.3, -0.25) is 4.79 Å². The Morgan fingerprint density at radius 3 is 2.68 bits per heavy atom. The zero-order valence-corrected chi connectivity index (χ0v) is 11.3. The van der Waals surface area contributed by atoms with Crippen molar-refractivity contribution in [1.29, 1.82) is 0 Å². The summed E-state index contributed by atoms with van der Waals surface area (Å²) in [5.74, 6) is -0.807. The van der Waals surface area contributed by atoms with Gasteiger partial charge in [-0.1, -0.05) is 6.42 Å². The Bertz CT molecular complexity index is 355. The van der Waals surface area contributed by atoms with E-state index in [1.165, 1.54) is 0 Å². The van der Waals surface area contributed by atoms with Gasteiger partial charge < -0.3 is 20.5 Å². The highest BCUT2D eigenvalue weighted by atomic mass is 16.5. The molecule has 6 nitrogen and oxygen atoms in total. The highest BCUT2D eigenvalue weighted by Crippen LogP contribution is 2.40. The first kappa shape index (κ1) is 14.1. The van der Waals surface area contributed by atoms with E-state index in [0.717, 1.165) is 19.3 Å². The highest BCUT2D eigenvalue weighted by molar-refractivity contribution is 5.79. The average Bonchev–Trinajstić information content (AvgIpc) is 2.26. The van der Waals surface area contributed by atoms with Gasteiger partial charge in [-0.25, -0.2) is 4.79 Å². The number of carbonyl (C=O) groups excluding carboxylic acids is 1. The Labute approximate surface area is 112 Å². The van der Waals surface area contributed by atoms with Crippen LogP contribution >= 0.6 is 0 Å². The maximum atomic E-state index is 11.8. The number of amides is 2. The van der Waals surface area contributed by atoms with Crippen LogP contribution in [0.15, 0.2) is 0 Å². The molecule has 2 unspecified atom stereocenters. The molecule has 19 heavy (non-hydrogen) atoms. The molecule has 0 aromatic rings. The van der Waals surface area contributed by atoms with E-state index in [1.807, 2.05) is 6.92 Å². The highest BCUT2D eigenvalue weighted by Gasteiger charge is 2.44. The number of urea groups is 1. The van der Waals surface area contributed by atoms with Crippen LogP contribution in [-0.2, 0) is 9.53 Å². The van der Waals surface area contributed by atoms with Crippen LogP contribution in [0.5, 0.6) is 0 Å². The molecule has 2 amide bonds. The number of rotatable bonds is 4. The average molecular weight is 270 g/mol. The number of ether oxygens (including phenoxy) is 1. The van der Waals surface area contributed by atoms with E-state index in [-0.39, 0.29) is 24.7 Å². The number of carboxylic acid groups (broad SMARTS) is 1. The van der Waals surface area contributed by atoms with Crippen molar-refractivity contribution in [3.05, 3.63) is 0 Å². The van der Waals surface area contributed by atoms with Crippen LogP contribution in [0.1, 0.15) is 39.0 Å². The third-order valence-corrected chi connectivity index (χ3v) is 4.17. The third-order valence-electron chi connectivity index (χ3n) is 4.17. The van der Waals surface area contributed by atoms with Crippen molar-refractivity contribution in [1.82, 2.24) is 10.6 Å². The maximum Gasteiger partial charge on any atom is 0.315 e. The van der Waals surface area contributed by atoms with Gasteiger partial charge in [0.15, 0.2) is 0 Å². The molecule has 6 heteroatoms. The van der Waals surface area contributed by atoms with Crippen LogP contribution in [0.4, 0.5) is 4.79 Å². The summed E-state index contributed by atoms with van der Waals surface area (Å²) < 4.78 is 5.41. The third kappa shape index (κ3) is 3.37. The Balaban J connectivity index is 1.74. The van der Waals surface area contributed by atoms with E-state index in [0.29, 0.717) is 19.4 Å². The van der Waals surface area contributed by atoms with Crippen molar-refractivity contribution >= 4 is 12.0 Å². The van der Waals surface area contributed by atoms with Crippen molar-refractivity contribution < 1.29 is 19.4 Å². The van der Waals surface area contributed by atoms with Gasteiger partial charge in [0.1, 0.15) is 0 Å². The second kappa shape index (κ2) is 5.77. The molecule has 2 rings (SSSR count). The molecule has 2 fully saturated rings. The first-order valence-electron chi connectivity index (χ1n) is 6.91. The van der Waals surface area contributed by atoms with Crippen molar-refractivity contribution in [3.63, 3.8) is 0 Å². The second-order valence-electron chi connectivity index (χ2n) is 5.67. The molecule has 1 aliphatic heterocycles. The van der Waals surface area contributed by atoms with Gasteiger partial charge in [0, 0.05) is 19.2 Å². The predicted molar refractivity (Wildman–Crippen MR) is 68.9 cm³/mol. The molecule has 1 heterocycles. The summed E-state index contributed by atoms with van der Waals surface area (Å²) in [4.78, 5) is 22.9. The standard InChI is InChI=1S/C13H22N2O4/c1-9-7-10(3-6-19-9)15-12(18)14-8-13(11(16)17)4-2-5-13/h9-10H,2-8H2,1H3,(H,16,17)(H2,14,15,18). The number of nitrogens with one attached hydrogen (secondary N) is 2. The van der Waals surface area contributed by atoms with E-state index < -0.39 is 11.4 Å². The van der Waals surface area contributed by atoms with Crippen LogP contribution < -0.4 is 10.6 Å². The molecule has 0 aromatic carbocycles. The smallest absolute Gasteiger partial charge is 0.315 e. The van der Waals surface area contributed by atoms with Gasteiger partial charge in [-0.2, -0.15) is 0 Å². The fourth-order valence-electron chi connectivity index (χ4n) is 2.68. The minimum atomic E-state index is -0.807. The molecule has 2 atom stereocenters. The van der Waals surface area contributed by atoms with Crippen molar-refractivity contribution in [2.45, 2.75) is 51.2 Å². The number of hydrogen-bond donors (Lipinski definition) is 3. The zero-order chi connectivity index (χ0) is 13.9. The van der Waals surface area contributed by atoms with Gasteiger partial charge in [-0.05, 0) is 32.6 Å². The van der Waals surface area contributed by atoms with E-state index in [2.05, 4.69) is 10.6 Å². The molecular weight excluding hydrogens is 248 g/mol. The van der Waals surface area contributed by atoms with Crippen LogP contribution in [-0.4, -0.2) is 42.4 Å². The fourth-order valence-corrected chi connectivity index (χ4v) is 2.68. The first-order chi connectivity index (χ1) is 9.02. The van der Waals surface area contributed by atoms with Crippen LogP contribution in [0.25, 0.3) is 0 Å². The summed E-state index contributed by atoms with van der Waals surface area (Å²) in [7, 11) is 0. The Kier molecular flexibility index (Phi) is 4.29. The van der Waals surface area contributed by atoms with Crippen LogP contribution in [0, 0.1) is 5.41 Å². The maximum absolute atomic E-state index is 11.8. The van der Waals surface area contributed by atoms with Gasteiger partial charge in [0.25, 0.3) is 0 Å². The topological polar surface area (TPSA) is 87.7 Å². The van der Waals surface area contributed by atoms with Gasteiger partial charge in [0.2, 0.25) is 0 Å². The summed E-state index contributed by atoms with van der Waals surface area (Å²) >= 11 is 0. The molecule has 108 valence electrons. The van der Waals surface area contributed by atoms with Gasteiger partial charge in [0.05, 0.1) is 11.5 Å². The lowest BCUT2D eigenvalue weighted by atomic mass is 9.69.